The summed E-state index contributed by atoms with van der Waals surface area (Å²) in [7, 11) is 0. The highest BCUT2D eigenvalue weighted by Gasteiger charge is 2.28. The van der Waals surface area contributed by atoms with Crippen molar-refractivity contribution in [3.63, 3.8) is 0 Å². The Kier molecular flexibility index (Phi) is 3.67. The molecule has 2 saturated heterocycles. The third-order valence-electron chi connectivity index (χ3n) is 5.30. The number of nitrogens with zero attached hydrogens (tertiary/aromatic N) is 5. The van der Waals surface area contributed by atoms with Crippen molar-refractivity contribution in [1.29, 1.82) is 0 Å². The quantitative estimate of drug-likeness (QED) is 0.846. The molecule has 0 bridgehead atoms. The molecule has 0 unspecified atom stereocenters. The minimum Gasteiger partial charge on any atom is -0.356 e. The summed E-state index contributed by atoms with van der Waals surface area (Å²) in [4.78, 5) is 16.4. The van der Waals surface area contributed by atoms with E-state index < -0.39 is 0 Å². The van der Waals surface area contributed by atoms with Gasteiger partial charge in [-0.25, -0.2) is 9.97 Å². The number of rotatable bonds is 3. The summed E-state index contributed by atoms with van der Waals surface area (Å²) in [6, 6.07) is 3.06. The van der Waals surface area contributed by atoms with Crippen LogP contribution in [0.2, 0.25) is 0 Å². The molecule has 114 valence electrons. The highest BCUT2D eigenvalue weighted by Crippen LogP contribution is 2.27. The summed E-state index contributed by atoms with van der Waals surface area (Å²) in [5.74, 6) is 2.22. The Bertz CT molecular complexity index is 473. The van der Waals surface area contributed by atoms with Crippen LogP contribution in [0, 0.1) is 0 Å². The van der Waals surface area contributed by atoms with Crippen molar-refractivity contribution in [2.24, 2.45) is 0 Å². The fraction of sp³-hybridized carbons (Fsp3) is 0.750. The summed E-state index contributed by atoms with van der Waals surface area (Å²) < 4.78 is 0. The zero-order chi connectivity index (χ0) is 14.1. The number of piperazine rings is 1. The van der Waals surface area contributed by atoms with E-state index >= 15 is 0 Å². The Hall–Kier alpha value is -1.36. The molecule has 1 aromatic rings. The smallest absolute Gasteiger partial charge is 0.134 e. The van der Waals surface area contributed by atoms with E-state index in [2.05, 4.69) is 30.7 Å². The number of aromatic nitrogens is 2. The molecule has 1 aromatic heterocycles. The van der Waals surface area contributed by atoms with Crippen molar-refractivity contribution in [2.45, 2.75) is 38.1 Å². The van der Waals surface area contributed by atoms with Crippen LogP contribution in [0.1, 0.15) is 32.1 Å². The zero-order valence-corrected chi connectivity index (χ0v) is 12.7. The van der Waals surface area contributed by atoms with E-state index in [1.165, 1.54) is 45.2 Å². The van der Waals surface area contributed by atoms with Gasteiger partial charge >= 0.3 is 0 Å². The molecular weight excluding hydrogens is 262 g/mol. The molecule has 0 atom stereocenters. The second kappa shape index (κ2) is 5.79. The lowest BCUT2D eigenvalue weighted by molar-refractivity contribution is 0.120. The van der Waals surface area contributed by atoms with Gasteiger partial charge in [-0.3, -0.25) is 4.90 Å². The molecule has 21 heavy (non-hydrogen) atoms. The molecule has 2 aliphatic heterocycles. The molecule has 5 nitrogen and oxygen atoms in total. The largest absolute Gasteiger partial charge is 0.356 e. The first kappa shape index (κ1) is 13.3. The Balaban J connectivity index is 1.41. The fourth-order valence-corrected chi connectivity index (χ4v) is 3.70. The van der Waals surface area contributed by atoms with Crippen molar-refractivity contribution in [1.82, 2.24) is 14.9 Å². The number of hydrogen-bond donors (Lipinski definition) is 0. The molecule has 5 heteroatoms. The number of hydrogen-bond acceptors (Lipinski definition) is 5. The van der Waals surface area contributed by atoms with Crippen LogP contribution >= 0.6 is 0 Å². The molecule has 4 rings (SSSR count). The van der Waals surface area contributed by atoms with Crippen LogP contribution in [-0.4, -0.2) is 60.2 Å². The van der Waals surface area contributed by atoms with Crippen LogP contribution in [-0.2, 0) is 0 Å². The summed E-state index contributed by atoms with van der Waals surface area (Å²) >= 11 is 0. The van der Waals surface area contributed by atoms with E-state index in [4.69, 9.17) is 0 Å². The standard InChI is InChI=1S/C16H25N5/c1-2-7-20(6-1)15-12-16(18-13-17-15)21-10-8-19(9-11-21)14-4-3-5-14/h12-14H,1-11H2. The maximum atomic E-state index is 4.51. The van der Waals surface area contributed by atoms with Crippen molar-refractivity contribution in [3.05, 3.63) is 12.4 Å². The lowest BCUT2D eigenvalue weighted by atomic mass is 9.91. The third kappa shape index (κ3) is 2.71. The van der Waals surface area contributed by atoms with E-state index in [0.29, 0.717) is 0 Å². The van der Waals surface area contributed by atoms with Crippen LogP contribution in [0.4, 0.5) is 11.6 Å². The van der Waals surface area contributed by atoms with Gasteiger partial charge in [0.2, 0.25) is 0 Å². The monoisotopic (exact) mass is 287 g/mol. The van der Waals surface area contributed by atoms with E-state index in [0.717, 1.165) is 43.9 Å². The highest BCUT2D eigenvalue weighted by molar-refractivity contribution is 5.50. The summed E-state index contributed by atoms with van der Waals surface area (Å²) in [6.45, 7) is 6.87. The maximum Gasteiger partial charge on any atom is 0.134 e. The minimum absolute atomic E-state index is 0.873. The Labute approximate surface area is 127 Å². The van der Waals surface area contributed by atoms with E-state index in [-0.39, 0.29) is 0 Å². The van der Waals surface area contributed by atoms with Crippen molar-refractivity contribution in [3.8, 4) is 0 Å². The summed E-state index contributed by atoms with van der Waals surface area (Å²) in [6.07, 6.45) is 8.56. The number of anilines is 2. The van der Waals surface area contributed by atoms with Gasteiger partial charge in [-0.05, 0) is 25.7 Å². The van der Waals surface area contributed by atoms with Gasteiger partial charge in [-0.2, -0.15) is 0 Å². The molecule has 1 aliphatic carbocycles. The van der Waals surface area contributed by atoms with Gasteiger partial charge in [0.1, 0.15) is 18.0 Å². The van der Waals surface area contributed by atoms with Gasteiger partial charge in [0.15, 0.2) is 0 Å². The highest BCUT2D eigenvalue weighted by atomic mass is 15.3. The van der Waals surface area contributed by atoms with E-state index in [9.17, 15) is 0 Å². The first-order valence-electron chi connectivity index (χ1n) is 8.46. The second-order valence-corrected chi connectivity index (χ2v) is 6.54. The lowest BCUT2D eigenvalue weighted by Gasteiger charge is -2.43. The van der Waals surface area contributed by atoms with Gasteiger partial charge in [0, 0.05) is 51.4 Å². The van der Waals surface area contributed by atoms with Gasteiger partial charge in [-0.15, -0.1) is 0 Å². The van der Waals surface area contributed by atoms with Crippen LogP contribution in [0.3, 0.4) is 0 Å². The van der Waals surface area contributed by atoms with Crippen LogP contribution < -0.4 is 9.80 Å². The normalized spacial score (nSPS) is 24.4. The second-order valence-electron chi connectivity index (χ2n) is 6.54. The third-order valence-corrected chi connectivity index (χ3v) is 5.30. The average molecular weight is 287 g/mol. The summed E-state index contributed by atoms with van der Waals surface area (Å²) in [5.41, 5.74) is 0. The predicted octanol–water partition coefficient (Wildman–Crippen LogP) is 1.75. The van der Waals surface area contributed by atoms with Crippen LogP contribution in [0.5, 0.6) is 0 Å². The molecular formula is C16H25N5. The summed E-state index contributed by atoms with van der Waals surface area (Å²) in [5, 5.41) is 0. The maximum absolute atomic E-state index is 4.51. The van der Waals surface area contributed by atoms with Gasteiger partial charge < -0.3 is 9.80 Å². The van der Waals surface area contributed by atoms with E-state index in [1.54, 1.807) is 6.33 Å². The SMILES string of the molecule is c1nc(N2CCCC2)cc(N2CCN(C3CCC3)CC2)n1. The molecule has 3 heterocycles. The Morgan fingerprint density at radius 2 is 1.38 bits per heavy atom. The Morgan fingerprint density at radius 1 is 0.762 bits per heavy atom. The zero-order valence-electron chi connectivity index (χ0n) is 12.7. The topological polar surface area (TPSA) is 35.5 Å². The minimum atomic E-state index is 0.873. The average Bonchev–Trinajstić information content (AvgIpc) is 3.01. The lowest BCUT2D eigenvalue weighted by Crippen LogP contribution is -2.52. The molecule has 0 N–H and O–H groups in total. The van der Waals surface area contributed by atoms with Crippen LogP contribution in [0.25, 0.3) is 0 Å². The van der Waals surface area contributed by atoms with Gasteiger partial charge in [-0.1, -0.05) is 6.42 Å². The first-order chi connectivity index (χ1) is 10.4. The Morgan fingerprint density at radius 3 is 1.95 bits per heavy atom. The fourth-order valence-electron chi connectivity index (χ4n) is 3.70. The van der Waals surface area contributed by atoms with Crippen molar-refractivity contribution >= 4 is 11.6 Å². The van der Waals surface area contributed by atoms with Crippen molar-refractivity contribution < 1.29 is 0 Å². The van der Waals surface area contributed by atoms with E-state index in [1.807, 2.05) is 0 Å². The molecule has 1 saturated carbocycles. The molecule has 0 aromatic carbocycles. The first-order valence-corrected chi connectivity index (χ1v) is 8.46. The molecule has 0 spiro atoms. The molecule has 0 amide bonds. The van der Waals surface area contributed by atoms with Gasteiger partial charge in [0.05, 0.1) is 0 Å². The van der Waals surface area contributed by atoms with Crippen LogP contribution in [0.15, 0.2) is 12.4 Å². The van der Waals surface area contributed by atoms with Crippen molar-refractivity contribution in [2.75, 3.05) is 49.1 Å². The molecule has 3 fully saturated rings. The molecule has 0 radical (unpaired) electrons. The molecule has 3 aliphatic rings. The van der Waals surface area contributed by atoms with Gasteiger partial charge in [0.25, 0.3) is 0 Å². The predicted molar refractivity (Wildman–Crippen MR) is 84.9 cm³/mol.